The Kier molecular flexibility index (Phi) is 6.32. The third kappa shape index (κ3) is 4.93. The SMILES string of the molecule is N#Cc1cccc(C(OCCN2C3CCC2CC2(CCC(=O)O2)C3)c2cccc(C(F)(F)F)c2)c1. The summed E-state index contributed by atoms with van der Waals surface area (Å²) in [7, 11) is 0. The molecular weight excluding hydrogens is 457 g/mol. The summed E-state index contributed by atoms with van der Waals surface area (Å²) >= 11 is 0. The smallest absolute Gasteiger partial charge is 0.416 e. The van der Waals surface area contributed by atoms with E-state index >= 15 is 0 Å². The number of alkyl halides is 3. The van der Waals surface area contributed by atoms with Crippen molar-refractivity contribution in [1.82, 2.24) is 4.90 Å². The lowest BCUT2D eigenvalue weighted by molar-refractivity contribution is -0.154. The number of benzene rings is 2. The number of halogens is 3. The van der Waals surface area contributed by atoms with Crippen LogP contribution < -0.4 is 0 Å². The fourth-order valence-corrected chi connectivity index (χ4v) is 6.03. The minimum Gasteiger partial charge on any atom is -0.459 e. The largest absolute Gasteiger partial charge is 0.459 e. The Morgan fingerprint density at radius 2 is 1.80 bits per heavy atom. The van der Waals surface area contributed by atoms with Gasteiger partial charge in [-0.25, -0.2) is 0 Å². The van der Waals surface area contributed by atoms with Crippen LogP contribution in [0.3, 0.4) is 0 Å². The predicted molar refractivity (Wildman–Crippen MR) is 121 cm³/mol. The van der Waals surface area contributed by atoms with Crippen molar-refractivity contribution in [3.8, 4) is 6.07 Å². The Labute approximate surface area is 202 Å². The highest BCUT2D eigenvalue weighted by Crippen LogP contribution is 2.47. The van der Waals surface area contributed by atoms with Gasteiger partial charge in [0.1, 0.15) is 11.7 Å². The number of carbonyl (C=O) groups excluding carboxylic acids is 1. The third-order valence-electron chi connectivity index (χ3n) is 7.57. The number of esters is 1. The number of nitriles is 1. The van der Waals surface area contributed by atoms with Crippen LogP contribution in [0.25, 0.3) is 0 Å². The molecule has 5 nitrogen and oxygen atoms in total. The molecule has 5 rings (SSSR count). The van der Waals surface area contributed by atoms with E-state index in [-0.39, 0.29) is 11.6 Å². The van der Waals surface area contributed by atoms with Crippen LogP contribution in [0.4, 0.5) is 13.2 Å². The number of piperidine rings is 1. The lowest BCUT2D eigenvalue weighted by Crippen LogP contribution is -2.51. The zero-order chi connectivity index (χ0) is 24.6. The van der Waals surface area contributed by atoms with Crippen LogP contribution in [0.1, 0.15) is 66.9 Å². The van der Waals surface area contributed by atoms with Gasteiger partial charge < -0.3 is 9.47 Å². The standard InChI is InChI=1S/C27H27F3N2O3/c28-27(29,30)21-6-2-5-20(14-21)25(19-4-1-3-18(13-19)17-31)34-12-11-32-22-7-8-23(32)16-26(15-22)10-9-24(33)35-26/h1-6,13-14,22-23,25H,7-12,15-16H2. The van der Waals surface area contributed by atoms with Gasteiger partial charge in [-0.3, -0.25) is 9.69 Å². The van der Waals surface area contributed by atoms with E-state index in [0.29, 0.717) is 48.3 Å². The molecule has 0 N–H and O–H groups in total. The Morgan fingerprint density at radius 1 is 1.11 bits per heavy atom. The minimum atomic E-state index is -4.46. The number of hydrogen-bond acceptors (Lipinski definition) is 5. The Morgan fingerprint density at radius 3 is 2.43 bits per heavy atom. The molecule has 3 heterocycles. The fraction of sp³-hybridized carbons (Fsp3) is 0.481. The molecule has 0 amide bonds. The monoisotopic (exact) mass is 484 g/mol. The number of carbonyl (C=O) groups is 1. The van der Waals surface area contributed by atoms with Crippen LogP contribution in [-0.4, -0.2) is 41.7 Å². The minimum absolute atomic E-state index is 0.107. The van der Waals surface area contributed by atoms with Crippen LogP contribution in [0.2, 0.25) is 0 Å². The molecule has 3 fully saturated rings. The van der Waals surface area contributed by atoms with E-state index in [1.165, 1.54) is 6.07 Å². The van der Waals surface area contributed by atoms with Gasteiger partial charge in [-0.1, -0.05) is 24.3 Å². The molecule has 35 heavy (non-hydrogen) atoms. The average Bonchev–Trinajstić information content (AvgIpc) is 3.31. The summed E-state index contributed by atoms with van der Waals surface area (Å²) in [5.41, 5.74) is 0.410. The molecule has 0 aliphatic carbocycles. The second kappa shape index (κ2) is 9.29. The van der Waals surface area contributed by atoms with Crippen LogP contribution in [0.5, 0.6) is 0 Å². The molecule has 3 saturated heterocycles. The van der Waals surface area contributed by atoms with Crippen molar-refractivity contribution in [2.24, 2.45) is 0 Å². The van der Waals surface area contributed by atoms with Crippen molar-refractivity contribution < 1.29 is 27.4 Å². The molecule has 184 valence electrons. The van der Waals surface area contributed by atoms with Gasteiger partial charge in [0, 0.05) is 37.9 Å². The molecule has 0 saturated carbocycles. The Balaban J connectivity index is 1.32. The number of nitrogens with zero attached hydrogens (tertiary/aromatic N) is 2. The average molecular weight is 485 g/mol. The van der Waals surface area contributed by atoms with E-state index in [0.717, 1.165) is 44.2 Å². The van der Waals surface area contributed by atoms with Crippen molar-refractivity contribution in [2.75, 3.05) is 13.2 Å². The van der Waals surface area contributed by atoms with Gasteiger partial charge in [0.2, 0.25) is 0 Å². The summed E-state index contributed by atoms with van der Waals surface area (Å²) < 4.78 is 52.1. The van der Waals surface area contributed by atoms with Crippen molar-refractivity contribution in [1.29, 1.82) is 5.26 Å². The highest BCUT2D eigenvalue weighted by Gasteiger charge is 2.52. The molecule has 3 atom stereocenters. The highest BCUT2D eigenvalue weighted by molar-refractivity contribution is 5.72. The maximum Gasteiger partial charge on any atom is 0.416 e. The van der Waals surface area contributed by atoms with Gasteiger partial charge in [-0.05, 0) is 54.7 Å². The van der Waals surface area contributed by atoms with Crippen molar-refractivity contribution >= 4 is 5.97 Å². The second-order valence-corrected chi connectivity index (χ2v) is 9.80. The first-order chi connectivity index (χ1) is 16.8. The summed E-state index contributed by atoms with van der Waals surface area (Å²) in [6.07, 6.45) is -0.153. The topological polar surface area (TPSA) is 62.6 Å². The van der Waals surface area contributed by atoms with Crippen LogP contribution in [0.15, 0.2) is 48.5 Å². The molecule has 8 heteroatoms. The summed E-state index contributed by atoms with van der Waals surface area (Å²) in [5, 5.41) is 9.30. The summed E-state index contributed by atoms with van der Waals surface area (Å²) in [5.74, 6) is -0.107. The number of hydrogen-bond donors (Lipinski definition) is 0. The number of ether oxygens (including phenoxy) is 2. The van der Waals surface area contributed by atoms with Crippen LogP contribution >= 0.6 is 0 Å². The first-order valence-corrected chi connectivity index (χ1v) is 12.0. The normalized spacial score (nSPS) is 27.1. The van der Waals surface area contributed by atoms with E-state index in [1.807, 2.05) is 0 Å². The van der Waals surface area contributed by atoms with E-state index in [2.05, 4.69) is 11.0 Å². The van der Waals surface area contributed by atoms with Crippen LogP contribution in [0, 0.1) is 11.3 Å². The molecule has 2 aromatic carbocycles. The molecule has 1 spiro atoms. The van der Waals surface area contributed by atoms with Crippen molar-refractivity contribution in [3.63, 3.8) is 0 Å². The van der Waals surface area contributed by atoms with E-state index < -0.39 is 17.8 Å². The van der Waals surface area contributed by atoms with Gasteiger partial charge in [0.05, 0.1) is 23.8 Å². The van der Waals surface area contributed by atoms with Gasteiger partial charge in [-0.2, -0.15) is 18.4 Å². The van der Waals surface area contributed by atoms with Gasteiger partial charge >= 0.3 is 12.1 Å². The first-order valence-electron chi connectivity index (χ1n) is 12.0. The highest BCUT2D eigenvalue weighted by atomic mass is 19.4. The molecule has 2 bridgehead atoms. The first kappa shape index (κ1) is 23.8. The van der Waals surface area contributed by atoms with Gasteiger partial charge in [-0.15, -0.1) is 0 Å². The van der Waals surface area contributed by atoms with E-state index in [9.17, 15) is 23.2 Å². The van der Waals surface area contributed by atoms with Gasteiger partial charge in [0.15, 0.2) is 0 Å². The lowest BCUT2D eigenvalue weighted by atomic mass is 9.84. The molecule has 0 radical (unpaired) electrons. The van der Waals surface area contributed by atoms with Crippen LogP contribution in [-0.2, 0) is 20.4 Å². The Bertz CT molecular complexity index is 1130. The second-order valence-electron chi connectivity index (χ2n) is 9.80. The molecular formula is C27H27F3N2O3. The van der Waals surface area contributed by atoms with E-state index in [4.69, 9.17) is 9.47 Å². The van der Waals surface area contributed by atoms with E-state index in [1.54, 1.807) is 30.3 Å². The quantitative estimate of drug-likeness (QED) is 0.515. The van der Waals surface area contributed by atoms with Gasteiger partial charge in [0.25, 0.3) is 0 Å². The Hall–Kier alpha value is -2.89. The zero-order valence-corrected chi connectivity index (χ0v) is 19.3. The summed E-state index contributed by atoms with van der Waals surface area (Å²) in [6, 6.07) is 14.7. The maximum absolute atomic E-state index is 13.4. The number of rotatable bonds is 6. The lowest BCUT2D eigenvalue weighted by Gasteiger charge is -2.43. The number of fused-ring (bicyclic) bond motifs is 2. The third-order valence-corrected chi connectivity index (χ3v) is 7.57. The molecule has 3 aliphatic heterocycles. The maximum atomic E-state index is 13.4. The van der Waals surface area contributed by atoms with Crippen molar-refractivity contribution in [3.05, 3.63) is 70.8 Å². The fourth-order valence-electron chi connectivity index (χ4n) is 6.03. The van der Waals surface area contributed by atoms with Crippen molar-refractivity contribution in [2.45, 2.75) is 68.5 Å². The molecule has 3 aliphatic rings. The summed E-state index contributed by atoms with van der Waals surface area (Å²) in [6.45, 7) is 0.976. The molecule has 2 aromatic rings. The zero-order valence-electron chi connectivity index (χ0n) is 19.3. The predicted octanol–water partition coefficient (Wildman–Crippen LogP) is 5.39. The molecule has 3 unspecified atom stereocenters. The molecule has 0 aromatic heterocycles. The summed E-state index contributed by atoms with van der Waals surface area (Å²) in [4.78, 5) is 14.1.